The molecule has 1 heterocycles. The largest absolute Gasteiger partial charge is 0.452 e. The highest BCUT2D eigenvalue weighted by Gasteiger charge is 2.09. The summed E-state index contributed by atoms with van der Waals surface area (Å²) in [6, 6.07) is 2.68. The molecule has 17 heavy (non-hydrogen) atoms. The fourth-order valence-electron chi connectivity index (χ4n) is 0.846. The first-order chi connectivity index (χ1) is 8.13. The van der Waals surface area contributed by atoms with Gasteiger partial charge < -0.3 is 9.15 Å². The van der Waals surface area contributed by atoms with E-state index in [1.807, 2.05) is 0 Å². The van der Waals surface area contributed by atoms with Crippen molar-refractivity contribution in [2.75, 3.05) is 7.11 Å². The Morgan fingerprint density at radius 3 is 3.00 bits per heavy atom. The van der Waals surface area contributed by atoms with Gasteiger partial charge >= 0.3 is 12.0 Å². The van der Waals surface area contributed by atoms with Gasteiger partial charge in [-0.05, 0) is 18.2 Å². The van der Waals surface area contributed by atoms with Crippen LogP contribution in [0.5, 0.6) is 0 Å². The van der Waals surface area contributed by atoms with Crippen LogP contribution in [0.2, 0.25) is 0 Å². The van der Waals surface area contributed by atoms with Crippen LogP contribution in [0.25, 0.3) is 6.08 Å². The fraction of sp³-hybridized carbons (Fsp3) is 0.111. The van der Waals surface area contributed by atoms with Crippen molar-refractivity contribution in [1.82, 2.24) is 5.43 Å². The Morgan fingerprint density at radius 1 is 1.65 bits per heavy atom. The predicted molar refractivity (Wildman–Crippen MR) is 58.4 cm³/mol. The zero-order chi connectivity index (χ0) is 12.7. The maximum absolute atomic E-state index is 10.6. The van der Waals surface area contributed by atoms with Crippen LogP contribution in [0.4, 0.5) is 10.7 Å². The van der Waals surface area contributed by atoms with Crippen molar-refractivity contribution < 1.29 is 18.9 Å². The first-order valence-electron chi connectivity index (χ1n) is 4.41. The number of carbonyl (C=O) groups excluding carboxylic acids is 1. The Hall–Kier alpha value is -2.64. The normalized spacial score (nSPS) is 10.9. The lowest BCUT2D eigenvalue weighted by Gasteiger charge is -1.92. The molecule has 8 nitrogen and oxygen atoms in total. The van der Waals surface area contributed by atoms with Crippen LogP contribution in [0, 0.1) is 10.1 Å². The fourth-order valence-corrected chi connectivity index (χ4v) is 0.846. The smallest absolute Gasteiger partial charge is 0.433 e. The number of amides is 1. The highest BCUT2D eigenvalue weighted by atomic mass is 16.6. The summed E-state index contributed by atoms with van der Waals surface area (Å²) in [6.07, 6.45) is 3.47. The average molecular weight is 239 g/mol. The van der Waals surface area contributed by atoms with E-state index in [-0.39, 0.29) is 5.88 Å². The van der Waals surface area contributed by atoms with Gasteiger partial charge in [-0.15, -0.1) is 0 Å². The standard InChI is InChI=1S/C9H9N3O5/c1-16-9(13)11-10-6-2-3-7-4-5-8(17-7)12(14)15/h2-6H,1H3,(H,11,13)/b3-2+,10-6+. The molecule has 90 valence electrons. The van der Waals surface area contributed by atoms with E-state index < -0.39 is 11.0 Å². The topological polar surface area (TPSA) is 107 Å². The van der Waals surface area contributed by atoms with Gasteiger partial charge in [0.2, 0.25) is 0 Å². The first kappa shape index (κ1) is 12.4. The summed E-state index contributed by atoms with van der Waals surface area (Å²) in [5.41, 5.74) is 2.06. The monoisotopic (exact) mass is 239 g/mol. The van der Waals surface area contributed by atoms with E-state index in [2.05, 4.69) is 15.3 Å². The van der Waals surface area contributed by atoms with E-state index in [0.717, 1.165) is 0 Å². The van der Waals surface area contributed by atoms with Crippen molar-refractivity contribution in [3.63, 3.8) is 0 Å². The molecule has 0 saturated carbocycles. The van der Waals surface area contributed by atoms with E-state index in [9.17, 15) is 14.9 Å². The maximum Gasteiger partial charge on any atom is 0.433 e. The Balaban J connectivity index is 2.47. The molecule has 1 N–H and O–H groups in total. The Bertz CT molecular complexity index is 463. The number of carbonyl (C=O) groups is 1. The molecule has 0 unspecified atom stereocenters. The van der Waals surface area contributed by atoms with Gasteiger partial charge in [-0.25, -0.2) is 10.2 Å². The van der Waals surface area contributed by atoms with Crippen LogP contribution in [-0.2, 0) is 4.74 Å². The lowest BCUT2D eigenvalue weighted by Crippen LogP contribution is -2.16. The molecule has 0 atom stereocenters. The number of allylic oxidation sites excluding steroid dienone is 1. The third-order valence-corrected chi connectivity index (χ3v) is 1.55. The zero-order valence-corrected chi connectivity index (χ0v) is 8.82. The minimum absolute atomic E-state index is 0.307. The van der Waals surface area contributed by atoms with Gasteiger partial charge in [0.25, 0.3) is 0 Å². The molecule has 1 amide bonds. The minimum atomic E-state index is -0.691. The highest BCUT2D eigenvalue weighted by molar-refractivity contribution is 5.78. The molecule has 0 radical (unpaired) electrons. The van der Waals surface area contributed by atoms with Crippen LogP contribution >= 0.6 is 0 Å². The van der Waals surface area contributed by atoms with Gasteiger partial charge in [0.15, 0.2) is 0 Å². The number of hydrogen-bond donors (Lipinski definition) is 1. The molecule has 0 bridgehead atoms. The van der Waals surface area contributed by atoms with Crippen LogP contribution < -0.4 is 5.43 Å². The number of nitrogens with zero attached hydrogens (tertiary/aromatic N) is 2. The number of methoxy groups -OCH3 is 1. The Labute approximate surface area is 95.7 Å². The van der Waals surface area contributed by atoms with Crippen LogP contribution in [0.1, 0.15) is 5.76 Å². The summed E-state index contributed by atoms with van der Waals surface area (Å²) in [6.45, 7) is 0. The van der Waals surface area contributed by atoms with Gasteiger partial charge in [0, 0.05) is 6.21 Å². The van der Waals surface area contributed by atoms with Gasteiger partial charge in [-0.1, -0.05) is 0 Å². The quantitative estimate of drug-likeness (QED) is 0.487. The van der Waals surface area contributed by atoms with Crippen LogP contribution in [0.3, 0.4) is 0 Å². The Morgan fingerprint density at radius 2 is 2.41 bits per heavy atom. The number of hydrazone groups is 1. The van der Waals surface area contributed by atoms with E-state index in [1.165, 1.54) is 37.6 Å². The van der Waals surface area contributed by atoms with E-state index in [0.29, 0.717) is 5.76 Å². The van der Waals surface area contributed by atoms with Crippen molar-refractivity contribution in [3.05, 3.63) is 34.1 Å². The first-order valence-corrected chi connectivity index (χ1v) is 4.41. The number of rotatable bonds is 4. The molecule has 0 aliphatic carbocycles. The van der Waals surface area contributed by atoms with Gasteiger partial charge in [-0.3, -0.25) is 10.1 Å². The number of furan rings is 1. The molecular weight excluding hydrogens is 230 g/mol. The molecular formula is C9H9N3O5. The summed E-state index contributed by atoms with van der Waals surface area (Å²) in [4.78, 5) is 20.2. The SMILES string of the molecule is COC(=O)N/N=C/C=C/c1ccc([N+](=O)[O-])o1. The minimum Gasteiger partial charge on any atom is -0.452 e. The lowest BCUT2D eigenvalue weighted by molar-refractivity contribution is -0.402. The van der Waals surface area contributed by atoms with E-state index in [1.54, 1.807) is 0 Å². The summed E-state index contributed by atoms with van der Waals surface area (Å²) in [5, 5.41) is 13.8. The summed E-state index contributed by atoms with van der Waals surface area (Å²) in [5.74, 6) is -0.0320. The van der Waals surface area contributed by atoms with Gasteiger partial charge in [0.05, 0.1) is 13.2 Å². The molecule has 0 fully saturated rings. The summed E-state index contributed by atoms with van der Waals surface area (Å²) in [7, 11) is 1.21. The molecule has 1 aromatic rings. The second-order valence-corrected chi connectivity index (χ2v) is 2.67. The van der Waals surface area contributed by atoms with Crippen LogP contribution in [0.15, 0.2) is 27.7 Å². The molecule has 0 aliphatic rings. The molecule has 8 heteroatoms. The maximum atomic E-state index is 10.6. The van der Waals surface area contributed by atoms with Crippen molar-refractivity contribution in [2.45, 2.75) is 0 Å². The molecule has 0 aromatic carbocycles. The second kappa shape index (κ2) is 6.05. The average Bonchev–Trinajstić information content (AvgIpc) is 2.77. The number of nitro groups is 1. The molecule has 1 aromatic heterocycles. The highest BCUT2D eigenvalue weighted by Crippen LogP contribution is 2.16. The number of hydrogen-bond acceptors (Lipinski definition) is 6. The van der Waals surface area contributed by atoms with E-state index in [4.69, 9.17) is 4.42 Å². The van der Waals surface area contributed by atoms with Crippen molar-refractivity contribution in [3.8, 4) is 0 Å². The predicted octanol–water partition coefficient (Wildman–Crippen LogP) is 1.54. The number of nitrogens with one attached hydrogen (secondary N) is 1. The van der Waals surface area contributed by atoms with E-state index >= 15 is 0 Å². The van der Waals surface area contributed by atoms with Crippen molar-refractivity contribution in [1.29, 1.82) is 0 Å². The van der Waals surface area contributed by atoms with Gasteiger partial charge in [-0.2, -0.15) is 5.10 Å². The third-order valence-electron chi connectivity index (χ3n) is 1.55. The summed E-state index contributed by atoms with van der Waals surface area (Å²) >= 11 is 0. The summed E-state index contributed by atoms with van der Waals surface area (Å²) < 4.78 is 9.10. The van der Waals surface area contributed by atoms with Crippen molar-refractivity contribution in [2.24, 2.45) is 5.10 Å². The van der Waals surface area contributed by atoms with Gasteiger partial charge in [0.1, 0.15) is 10.7 Å². The molecule has 0 saturated heterocycles. The zero-order valence-electron chi connectivity index (χ0n) is 8.82. The lowest BCUT2D eigenvalue weighted by atomic mass is 10.4. The Kier molecular flexibility index (Phi) is 4.43. The second-order valence-electron chi connectivity index (χ2n) is 2.67. The molecule has 0 aliphatic heterocycles. The molecule has 0 spiro atoms. The molecule has 1 rings (SSSR count). The van der Waals surface area contributed by atoms with Crippen LogP contribution in [-0.4, -0.2) is 24.3 Å². The van der Waals surface area contributed by atoms with Crippen molar-refractivity contribution >= 4 is 24.3 Å². The third kappa shape index (κ3) is 4.16. The number of ether oxygens (including phenoxy) is 1.